The standard InChI is InChI=1S/C21H29N5O2/c1-15(2)17-4-6-18(7-5-17)24-21-23-16(3)14-19(25-21)20(27)22-8-9-26-10-12-28-13-11-26/h4-7,14-15H,8-13H2,1-3H3,(H,22,27)(H,23,24,25). The molecule has 7 heteroatoms. The molecule has 0 spiro atoms. The summed E-state index contributed by atoms with van der Waals surface area (Å²) in [7, 11) is 0. The molecule has 1 aliphatic heterocycles. The Morgan fingerprint density at radius 3 is 2.57 bits per heavy atom. The Bertz CT molecular complexity index is 786. The zero-order chi connectivity index (χ0) is 19.9. The van der Waals surface area contributed by atoms with Crippen LogP contribution in [-0.2, 0) is 4.74 Å². The molecule has 1 aliphatic rings. The SMILES string of the molecule is Cc1cc(C(=O)NCCN2CCOCC2)nc(Nc2ccc(C(C)C)cc2)n1. The molecule has 0 atom stereocenters. The summed E-state index contributed by atoms with van der Waals surface area (Å²) in [6.45, 7) is 10.9. The van der Waals surface area contributed by atoms with Crippen molar-refractivity contribution >= 4 is 17.5 Å². The molecule has 1 fully saturated rings. The smallest absolute Gasteiger partial charge is 0.270 e. The second-order valence-corrected chi connectivity index (χ2v) is 7.33. The highest BCUT2D eigenvalue weighted by Gasteiger charge is 2.13. The number of ether oxygens (including phenoxy) is 1. The van der Waals surface area contributed by atoms with E-state index in [1.807, 2.05) is 19.1 Å². The van der Waals surface area contributed by atoms with Crippen molar-refractivity contribution in [3.05, 3.63) is 47.3 Å². The minimum atomic E-state index is -0.183. The molecule has 150 valence electrons. The molecule has 0 unspecified atom stereocenters. The number of hydrogen-bond donors (Lipinski definition) is 2. The van der Waals surface area contributed by atoms with Gasteiger partial charge in [0.15, 0.2) is 0 Å². The molecule has 3 rings (SSSR count). The predicted octanol–water partition coefficient (Wildman–Crippen LogP) is 2.71. The van der Waals surface area contributed by atoms with E-state index in [-0.39, 0.29) is 5.91 Å². The average molecular weight is 383 g/mol. The fraction of sp³-hybridized carbons (Fsp3) is 0.476. The first kappa shape index (κ1) is 20.2. The van der Waals surface area contributed by atoms with Gasteiger partial charge >= 0.3 is 0 Å². The van der Waals surface area contributed by atoms with Crippen LogP contribution in [-0.4, -0.2) is 60.2 Å². The van der Waals surface area contributed by atoms with Gasteiger partial charge in [0.2, 0.25) is 5.95 Å². The third-order valence-electron chi connectivity index (χ3n) is 4.74. The van der Waals surface area contributed by atoms with Crippen LogP contribution < -0.4 is 10.6 Å². The van der Waals surface area contributed by atoms with Gasteiger partial charge in [-0.05, 0) is 36.6 Å². The van der Waals surface area contributed by atoms with Crippen LogP contribution in [0.15, 0.2) is 30.3 Å². The molecule has 1 aromatic carbocycles. The zero-order valence-corrected chi connectivity index (χ0v) is 16.9. The average Bonchev–Trinajstić information content (AvgIpc) is 2.68. The number of nitrogens with one attached hydrogen (secondary N) is 2. The second-order valence-electron chi connectivity index (χ2n) is 7.33. The van der Waals surface area contributed by atoms with Crippen molar-refractivity contribution in [1.29, 1.82) is 0 Å². The number of carbonyl (C=O) groups is 1. The maximum atomic E-state index is 12.5. The molecule has 0 bridgehead atoms. The Morgan fingerprint density at radius 2 is 1.89 bits per heavy atom. The Morgan fingerprint density at radius 1 is 1.18 bits per heavy atom. The minimum Gasteiger partial charge on any atom is -0.379 e. The maximum Gasteiger partial charge on any atom is 0.270 e. The van der Waals surface area contributed by atoms with Gasteiger partial charge in [-0.2, -0.15) is 0 Å². The molecule has 2 aromatic rings. The molecular formula is C21H29N5O2. The lowest BCUT2D eigenvalue weighted by molar-refractivity contribution is 0.0383. The number of aromatic nitrogens is 2. The fourth-order valence-corrected chi connectivity index (χ4v) is 3.06. The van der Waals surface area contributed by atoms with Crippen LogP contribution in [0.5, 0.6) is 0 Å². The molecule has 1 amide bonds. The topological polar surface area (TPSA) is 79.4 Å². The summed E-state index contributed by atoms with van der Waals surface area (Å²) in [6.07, 6.45) is 0. The number of amides is 1. The third-order valence-corrected chi connectivity index (χ3v) is 4.74. The van der Waals surface area contributed by atoms with Gasteiger partial charge in [-0.15, -0.1) is 0 Å². The molecule has 28 heavy (non-hydrogen) atoms. The number of anilines is 2. The molecule has 0 saturated carbocycles. The number of aryl methyl sites for hydroxylation is 1. The fourth-order valence-electron chi connectivity index (χ4n) is 3.06. The van der Waals surface area contributed by atoms with E-state index in [1.165, 1.54) is 5.56 Å². The maximum absolute atomic E-state index is 12.5. The highest BCUT2D eigenvalue weighted by Crippen LogP contribution is 2.19. The van der Waals surface area contributed by atoms with E-state index in [0.717, 1.165) is 44.2 Å². The molecule has 2 heterocycles. The summed E-state index contributed by atoms with van der Waals surface area (Å²) >= 11 is 0. The molecular weight excluding hydrogens is 354 g/mol. The summed E-state index contributed by atoms with van der Waals surface area (Å²) in [4.78, 5) is 23.6. The zero-order valence-electron chi connectivity index (χ0n) is 16.9. The highest BCUT2D eigenvalue weighted by atomic mass is 16.5. The molecule has 0 radical (unpaired) electrons. The first-order valence-corrected chi connectivity index (χ1v) is 9.82. The lowest BCUT2D eigenvalue weighted by Gasteiger charge is -2.26. The van der Waals surface area contributed by atoms with Crippen LogP contribution in [0, 0.1) is 6.92 Å². The Balaban J connectivity index is 1.59. The lowest BCUT2D eigenvalue weighted by Crippen LogP contribution is -2.41. The Labute approximate surface area is 166 Å². The highest BCUT2D eigenvalue weighted by molar-refractivity contribution is 5.92. The summed E-state index contributed by atoms with van der Waals surface area (Å²) in [5.41, 5.74) is 3.29. The number of rotatable bonds is 7. The van der Waals surface area contributed by atoms with E-state index < -0.39 is 0 Å². The molecule has 1 aromatic heterocycles. The van der Waals surface area contributed by atoms with Gasteiger partial charge in [0, 0.05) is 37.6 Å². The summed E-state index contributed by atoms with van der Waals surface area (Å²) < 4.78 is 5.34. The van der Waals surface area contributed by atoms with E-state index in [2.05, 4.69) is 51.5 Å². The number of benzene rings is 1. The van der Waals surface area contributed by atoms with Crippen molar-refractivity contribution in [3.8, 4) is 0 Å². The lowest BCUT2D eigenvalue weighted by atomic mass is 10.0. The van der Waals surface area contributed by atoms with Crippen molar-refractivity contribution < 1.29 is 9.53 Å². The quantitative estimate of drug-likeness (QED) is 0.765. The molecule has 7 nitrogen and oxygen atoms in total. The van der Waals surface area contributed by atoms with E-state index in [9.17, 15) is 4.79 Å². The minimum absolute atomic E-state index is 0.183. The van der Waals surface area contributed by atoms with Crippen LogP contribution in [0.3, 0.4) is 0 Å². The van der Waals surface area contributed by atoms with E-state index in [4.69, 9.17) is 4.74 Å². The van der Waals surface area contributed by atoms with Gasteiger partial charge in [0.1, 0.15) is 5.69 Å². The molecule has 2 N–H and O–H groups in total. The van der Waals surface area contributed by atoms with Gasteiger partial charge < -0.3 is 15.4 Å². The predicted molar refractivity (Wildman–Crippen MR) is 110 cm³/mol. The number of carbonyl (C=O) groups excluding carboxylic acids is 1. The van der Waals surface area contributed by atoms with Crippen molar-refractivity contribution in [1.82, 2.24) is 20.2 Å². The van der Waals surface area contributed by atoms with Crippen molar-refractivity contribution in [2.75, 3.05) is 44.7 Å². The van der Waals surface area contributed by atoms with Crippen molar-refractivity contribution in [3.63, 3.8) is 0 Å². The monoisotopic (exact) mass is 383 g/mol. The van der Waals surface area contributed by atoms with Crippen LogP contribution in [0.1, 0.15) is 41.5 Å². The Hall–Kier alpha value is -2.51. The summed E-state index contributed by atoms with van der Waals surface area (Å²) in [5, 5.41) is 6.13. The number of nitrogens with zero attached hydrogens (tertiary/aromatic N) is 3. The van der Waals surface area contributed by atoms with Crippen LogP contribution in [0.2, 0.25) is 0 Å². The van der Waals surface area contributed by atoms with Crippen molar-refractivity contribution in [2.45, 2.75) is 26.7 Å². The van der Waals surface area contributed by atoms with E-state index in [1.54, 1.807) is 6.07 Å². The van der Waals surface area contributed by atoms with Crippen molar-refractivity contribution in [2.24, 2.45) is 0 Å². The summed E-state index contributed by atoms with van der Waals surface area (Å²) in [6, 6.07) is 9.88. The van der Waals surface area contributed by atoms with E-state index in [0.29, 0.717) is 24.1 Å². The first-order chi connectivity index (χ1) is 13.5. The number of hydrogen-bond acceptors (Lipinski definition) is 6. The van der Waals surface area contributed by atoms with E-state index >= 15 is 0 Å². The van der Waals surface area contributed by atoms with Gasteiger partial charge in [-0.25, -0.2) is 9.97 Å². The van der Waals surface area contributed by atoms with Gasteiger partial charge in [-0.1, -0.05) is 26.0 Å². The number of morpholine rings is 1. The third kappa shape index (κ3) is 5.74. The second kappa shape index (κ2) is 9.61. The van der Waals surface area contributed by atoms with Crippen LogP contribution in [0.4, 0.5) is 11.6 Å². The van der Waals surface area contributed by atoms with Gasteiger partial charge in [-0.3, -0.25) is 9.69 Å². The summed E-state index contributed by atoms with van der Waals surface area (Å²) in [5.74, 6) is 0.727. The van der Waals surface area contributed by atoms with Gasteiger partial charge in [0.25, 0.3) is 5.91 Å². The molecule has 0 aliphatic carbocycles. The van der Waals surface area contributed by atoms with Gasteiger partial charge in [0.05, 0.1) is 13.2 Å². The normalized spacial score (nSPS) is 14.9. The largest absolute Gasteiger partial charge is 0.379 e. The molecule has 1 saturated heterocycles. The first-order valence-electron chi connectivity index (χ1n) is 9.82. The van der Waals surface area contributed by atoms with Crippen LogP contribution >= 0.6 is 0 Å². The Kier molecular flexibility index (Phi) is 6.95. The van der Waals surface area contributed by atoms with Crippen LogP contribution in [0.25, 0.3) is 0 Å².